The van der Waals surface area contributed by atoms with Gasteiger partial charge in [0.05, 0.1) is 12.6 Å². The molecule has 0 N–H and O–H groups in total. The van der Waals surface area contributed by atoms with E-state index in [2.05, 4.69) is 35.0 Å². The van der Waals surface area contributed by atoms with Crippen LogP contribution in [0.2, 0.25) is 0 Å². The standard InChI is InChI=1S/C20H29N3O2/c1-21-11-3-4-17-14-16(5-6-18(17)21)15-22-12-9-20(10-13-22)8-7-19(24)23(20)25-2/h5-6,14H,3-4,7-13,15H2,1-2H3. The third-order valence-corrected chi connectivity index (χ3v) is 6.33. The Bertz CT molecular complexity index is 652. The maximum Gasteiger partial charge on any atom is 0.246 e. The Morgan fingerprint density at radius 1 is 1.12 bits per heavy atom. The summed E-state index contributed by atoms with van der Waals surface area (Å²) in [6.45, 7) is 4.23. The van der Waals surface area contributed by atoms with Gasteiger partial charge in [0, 0.05) is 45.3 Å². The molecule has 0 radical (unpaired) electrons. The van der Waals surface area contributed by atoms with Crippen molar-refractivity contribution in [3.63, 3.8) is 0 Å². The summed E-state index contributed by atoms with van der Waals surface area (Å²) >= 11 is 0. The Morgan fingerprint density at radius 3 is 2.68 bits per heavy atom. The molecule has 25 heavy (non-hydrogen) atoms. The van der Waals surface area contributed by atoms with Crippen LogP contribution < -0.4 is 4.90 Å². The summed E-state index contributed by atoms with van der Waals surface area (Å²) in [4.78, 5) is 22.3. The molecule has 3 aliphatic rings. The number of nitrogens with zero attached hydrogens (tertiary/aromatic N) is 3. The van der Waals surface area contributed by atoms with E-state index in [0.717, 1.165) is 45.4 Å². The van der Waals surface area contributed by atoms with Crippen molar-refractivity contribution >= 4 is 11.6 Å². The van der Waals surface area contributed by atoms with Crippen molar-refractivity contribution in [3.8, 4) is 0 Å². The fourth-order valence-electron chi connectivity index (χ4n) is 4.88. The third-order valence-electron chi connectivity index (χ3n) is 6.33. The Kier molecular flexibility index (Phi) is 4.46. The average molecular weight is 343 g/mol. The number of hydroxylamine groups is 2. The number of aryl methyl sites for hydroxylation is 1. The molecule has 2 fully saturated rings. The maximum atomic E-state index is 12.0. The van der Waals surface area contributed by atoms with Crippen molar-refractivity contribution in [1.29, 1.82) is 0 Å². The van der Waals surface area contributed by atoms with Crippen molar-refractivity contribution in [2.45, 2.75) is 50.6 Å². The van der Waals surface area contributed by atoms with Gasteiger partial charge in [-0.15, -0.1) is 0 Å². The maximum absolute atomic E-state index is 12.0. The molecular weight excluding hydrogens is 314 g/mol. The Morgan fingerprint density at radius 2 is 1.92 bits per heavy atom. The number of rotatable bonds is 3. The van der Waals surface area contributed by atoms with Crippen molar-refractivity contribution < 1.29 is 9.63 Å². The van der Waals surface area contributed by atoms with E-state index in [0.29, 0.717) is 6.42 Å². The van der Waals surface area contributed by atoms with Gasteiger partial charge in [-0.25, -0.2) is 5.06 Å². The normalized spacial score (nSPS) is 23.4. The molecule has 1 aromatic carbocycles. The number of hydrogen-bond donors (Lipinski definition) is 0. The number of hydrogen-bond acceptors (Lipinski definition) is 4. The first kappa shape index (κ1) is 16.9. The zero-order valence-electron chi connectivity index (χ0n) is 15.5. The summed E-state index contributed by atoms with van der Waals surface area (Å²) < 4.78 is 0. The van der Waals surface area contributed by atoms with Crippen LogP contribution in [0.5, 0.6) is 0 Å². The molecule has 5 heteroatoms. The Labute approximate surface area is 150 Å². The van der Waals surface area contributed by atoms with Crippen molar-refractivity contribution in [2.75, 3.05) is 38.7 Å². The molecule has 3 aliphatic heterocycles. The minimum atomic E-state index is -0.0547. The zero-order chi connectivity index (χ0) is 17.4. The molecule has 1 aromatic rings. The predicted octanol–water partition coefficient (Wildman–Crippen LogP) is 2.59. The minimum absolute atomic E-state index is 0.0547. The van der Waals surface area contributed by atoms with Crippen LogP contribution in [0, 0.1) is 0 Å². The topological polar surface area (TPSA) is 36.0 Å². The summed E-state index contributed by atoms with van der Waals surface area (Å²) in [5, 5.41) is 1.67. The Balaban J connectivity index is 1.40. The summed E-state index contributed by atoms with van der Waals surface area (Å²) in [6.07, 6.45) is 6.05. The van der Waals surface area contributed by atoms with Gasteiger partial charge in [0.2, 0.25) is 5.91 Å². The highest BCUT2D eigenvalue weighted by Crippen LogP contribution is 2.39. The van der Waals surface area contributed by atoms with Gasteiger partial charge in [0.1, 0.15) is 0 Å². The average Bonchev–Trinajstić information content (AvgIpc) is 2.93. The lowest BCUT2D eigenvalue weighted by atomic mass is 9.86. The second-order valence-electron chi connectivity index (χ2n) is 7.86. The molecule has 136 valence electrons. The number of benzene rings is 1. The lowest BCUT2D eigenvalue weighted by Gasteiger charge is -2.43. The smallest absolute Gasteiger partial charge is 0.246 e. The molecular formula is C20H29N3O2. The van der Waals surface area contributed by atoms with E-state index in [-0.39, 0.29) is 11.4 Å². The molecule has 4 rings (SSSR count). The van der Waals surface area contributed by atoms with Gasteiger partial charge in [-0.1, -0.05) is 12.1 Å². The third kappa shape index (κ3) is 3.04. The molecule has 1 amide bonds. The quantitative estimate of drug-likeness (QED) is 0.845. The first-order valence-electron chi connectivity index (χ1n) is 9.54. The van der Waals surface area contributed by atoms with Gasteiger partial charge < -0.3 is 4.90 Å². The number of anilines is 1. The largest absolute Gasteiger partial charge is 0.374 e. The van der Waals surface area contributed by atoms with E-state index >= 15 is 0 Å². The summed E-state index contributed by atoms with van der Waals surface area (Å²) in [6, 6.07) is 6.97. The first-order valence-corrected chi connectivity index (χ1v) is 9.54. The molecule has 0 bridgehead atoms. The summed E-state index contributed by atoms with van der Waals surface area (Å²) in [7, 11) is 3.81. The SMILES string of the molecule is CON1C(=O)CCC12CCN(Cc1ccc3c(c1)CCCN3C)CC2. The molecule has 0 aromatic heterocycles. The van der Waals surface area contributed by atoms with Crippen LogP contribution in [0.4, 0.5) is 5.69 Å². The van der Waals surface area contributed by atoms with Crippen LogP contribution in [0.1, 0.15) is 43.2 Å². The van der Waals surface area contributed by atoms with Gasteiger partial charge in [0.15, 0.2) is 0 Å². The van der Waals surface area contributed by atoms with Gasteiger partial charge in [-0.2, -0.15) is 0 Å². The van der Waals surface area contributed by atoms with Gasteiger partial charge in [-0.05, 0) is 49.3 Å². The lowest BCUT2D eigenvalue weighted by Crippen LogP contribution is -2.52. The summed E-state index contributed by atoms with van der Waals surface area (Å²) in [5.41, 5.74) is 4.25. The van der Waals surface area contributed by atoms with Gasteiger partial charge in [0.25, 0.3) is 0 Å². The fraction of sp³-hybridized carbons (Fsp3) is 0.650. The van der Waals surface area contributed by atoms with Gasteiger partial charge in [-0.3, -0.25) is 14.5 Å². The van der Waals surface area contributed by atoms with E-state index in [1.807, 2.05) is 0 Å². The van der Waals surface area contributed by atoms with Gasteiger partial charge >= 0.3 is 0 Å². The molecule has 3 heterocycles. The zero-order valence-corrected chi connectivity index (χ0v) is 15.5. The van der Waals surface area contributed by atoms with E-state index in [1.54, 1.807) is 12.2 Å². The predicted molar refractivity (Wildman–Crippen MR) is 98.4 cm³/mol. The fourth-order valence-corrected chi connectivity index (χ4v) is 4.88. The van der Waals surface area contributed by atoms with E-state index in [1.165, 1.54) is 29.7 Å². The molecule has 0 unspecified atom stereocenters. The van der Waals surface area contributed by atoms with E-state index in [9.17, 15) is 4.79 Å². The van der Waals surface area contributed by atoms with Crippen LogP contribution in [0.15, 0.2) is 18.2 Å². The minimum Gasteiger partial charge on any atom is -0.374 e. The van der Waals surface area contributed by atoms with Crippen LogP contribution in [0.25, 0.3) is 0 Å². The van der Waals surface area contributed by atoms with E-state index in [4.69, 9.17) is 4.84 Å². The number of likely N-dealkylation sites (tertiary alicyclic amines) is 1. The van der Waals surface area contributed by atoms with E-state index < -0.39 is 0 Å². The van der Waals surface area contributed by atoms with Crippen molar-refractivity contribution in [2.24, 2.45) is 0 Å². The van der Waals surface area contributed by atoms with Crippen LogP contribution in [-0.4, -0.2) is 55.2 Å². The molecule has 1 spiro atoms. The van der Waals surface area contributed by atoms with Crippen LogP contribution in [0.3, 0.4) is 0 Å². The number of carbonyl (C=O) groups is 1. The van der Waals surface area contributed by atoms with Crippen LogP contribution >= 0.6 is 0 Å². The molecule has 0 atom stereocenters. The highest BCUT2D eigenvalue weighted by atomic mass is 16.7. The van der Waals surface area contributed by atoms with Crippen LogP contribution in [-0.2, 0) is 22.6 Å². The summed E-state index contributed by atoms with van der Waals surface area (Å²) in [5.74, 6) is 0.148. The monoisotopic (exact) mass is 343 g/mol. The molecule has 0 saturated carbocycles. The second kappa shape index (κ2) is 6.61. The highest BCUT2D eigenvalue weighted by Gasteiger charge is 2.47. The molecule has 0 aliphatic carbocycles. The number of carbonyl (C=O) groups excluding carboxylic acids is 1. The number of amides is 1. The molecule has 2 saturated heterocycles. The Hall–Kier alpha value is -1.59. The number of fused-ring (bicyclic) bond motifs is 1. The van der Waals surface area contributed by atoms with Crippen molar-refractivity contribution in [3.05, 3.63) is 29.3 Å². The lowest BCUT2D eigenvalue weighted by molar-refractivity contribution is -0.202. The second-order valence-corrected chi connectivity index (χ2v) is 7.86. The number of piperidine rings is 1. The first-order chi connectivity index (χ1) is 12.1. The highest BCUT2D eigenvalue weighted by molar-refractivity contribution is 5.78. The molecule has 5 nitrogen and oxygen atoms in total. The van der Waals surface area contributed by atoms with Crippen molar-refractivity contribution in [1.82, 2.24) is 9.96 Å².